The Labute approximate surface area is 434 Å². The molecule has 3 fully saturated rings. The van der Waals surface area contributed by atoms with Gasteiger partial charge in [0.1, 0.15) is 41.7 Å². The minimum atomic E-state index is -2.45. The molecule has 2 bridgehead atoms. The molecule has 0 spiro atoms. The number of ketones is 2. The van der Waals surface area contributed by atoms with Crippen LogP contribution in [-0.4, -0.2) is 150 Å². The normalized spacial score (nSPS) is 37.4. The Morgan fingerprint density at radius 3 is 2.23 bits per heavy atom. The molecule has 1 saturated carbocycles. The largest absolute Gasteiger partial charge is 0.460 e. The smallest absolute Gasteiger partial charge is 0.329 e. The standard InChI is InChI=1S/C57H89NO15/c1-34-18-14-13-15-19-35(2)47(68-10)30-43-23-21-40(7)57(67,73-43)52(63)53(64)58-25-17-16-20-44(58)54(65)71-48(31-45(61)37(4)27-39(6)50(62)51(70-12)41(8)36(3)26-34)38(5)28-42-22-24-46(49(29-42)69-11)72-55(66)56(9,32-59)33-60/h13-15,18-19,27,34,36-38,40,42-44,46-51,59-60,62,67H,8,16-17,20-26,28-33H2,1-7,9-12H3/b15-13+,18-14+,35-19+,39-27+/t34-,36-,37-,38-,40-,42+,43+,44?,46-,47+,48+,49-,50-,51+,57-/m1/s1. The number of amides is 1. The van der Waals surface area contributed by atoms with Crippen LogP contribution in [0.15, 0.2) is 59.8 Å². The fourth-order valence-corrected chi connectivity index (χ4v) is 10.8. The van der Waals surface area contributed by atoms with Crippen LogP contribution in [0.5, 0.6) is 0 Å². The molecule has 1 amide bonds. The van der Waals surface area contributed by atoms with E-state index in [1.807, 2.05) is 45.1 Å². The van der Waals surface area contributed by atoms with Crippen molar-refractivity contribution in [1.29, 1.82) is 0 Å². The van der Waals surface area contributed by atoms with E-state index in [0.717, 1.165) is 17.6 Å². The van der Waals surface area contributed by atoms with E-state index >= 15 is 0 Å². The molecule has 16 heteroatoms. The minimum Gasteiger partial charge on any atom is -0.460 e. The number of aliphatic hydroxyl groups excluding tert-OH is 3. The molecule has 0 radical (unpaired) electrons. The van der Waals surface area contributed by atoms with Crippen LogP contribution in [0, 0.1) is 40.9 Å². The van der Waals surface area contributed by atoms with E-state index in [0.29, 0.717) is 63.4 Å². The highest BCUT2D eigenvalue weighted by molar-refractivity contribution is 6.39. The lowest BCUT2D eigenvalue weighted by Crippen LogP contribution is -2.61. The van der Waals surface area contributed by atoms with Gasteiger partial charge >= 0.3 is 11.9 Å². The average Bonchev–Trinajstić information content (AvgIpc) is 3.37. The number of Topliss-reactive ketones (excluding diaryl/α,β-unsaturated/α-hetero) is 2. The third-order valence-electron chi connectivity index (χ3n) is 16.1. The lowest BCUT2D eigenvalue weighted by molar-refractivity contribution is -0.265. The summed E-state index contributed by atoms with van der Waals surface area (Å²) in [5, 5.41) is 43.3. The van der Waals surface area contributed by atoms with Crippen molar-refractivity contribution in [2.75, 3.05) is 41.1 Å². The van der Waals surface area contributed by atoms with E-state index in [2.05, 4.69) is 19.6 Å². The Balaban J connectivity index is 1.69. The van der Waals surface area contributed by atoms with Gasteiger partial charge in [-0.25, -0.2) is 4.79 Å². The topological polar surface area (TPSA) is 225 Å². The first kappa shape index (κ1) is 61.7. The maximum absolute atomic E-state index is 14.6. The van der Waals surface area contributed by atoms with Gasteiger partial charge in [-0.05, 0) is 125 Å². The number of carbonyl (C=O) groups excluding carboxylic acids is 5. The molecule has 1 aliphatic carbocycles. The van der Waals surface area contributed by atoms with Crippen molar-refractivity contribution < 1.29 is 72.8 Å². The van der Waals surface area contributed by atoms with Crippen LogP contribution in [0.4, 0.5) is 0 Å². The number of fused-ring (bicyclic) bond motifs is 3. The first-order valence-corrected chi connectivity index (χ1v) is 26.5. The predicted molar refractivity (Wildman–Crippen MR) is 275 cm³/mol. The second-order valence-electron chi connectivity index (χ2n) is 22.0. The van der Waals surface area contributed by atoms with Crippen molar-refractivity contribution in [2.24, 2.45) is 40.9 Å². The molecule has 73 heavy (non-hydrogen) atoms. The summed E-state index contributed by atoms with van der Waals surface area (Å²) in [6.45, 7) is 17.7. The molecule has 3 aliphatic heterocycles. The molecule has 0 aromatic heterocycles. The Morgan fingerprint density at radius 1 is 0.890 bits per heavy atom. The van der Waals surface area contributed by atoms with E-state index in [4.69, 9.17) is 28.4 Å². The maximum Gasteiger partial charge on any atom is 0.329 e. The van der Waals surface area contributed by atoms with Crippen LogP contribution in [0.25, 0.3) is 0 Å². The van der Waals surface area contributed by atoms with Gasteiger partial charge in [0, 0.05) is 52.6 Å². The molecule has 3 heterocycles. The third-order valence-corrected chi connectivity index (χ3v) is 16.1. The average molecular weight is 1030 g/mol. The quantitative estimate of drug-likeness (QED) is 0.101. The van der Waals surface area contributed by atoms with Gasteiger partial charge in [-0.1, -0.05) is 77.7 Å². The first-order chi connectivity index (χ1) is 34.5. The number of methoxy groups -OCH3 is 3. The number of hydrogen-bond donors (Lipinski definition) is 4. The highest BCUT2D eigenvalue weighted by atomic mass is 16.6. The van der Waals surface area contributed by atoms with Crippen LogP contribution in [0.3, 0.4) is 0 Å². The molecule has 0 aromatic rings. The number of allylic oxidation sites excluding steroid dienone is 6. The predicted octanol–water partition coefficient (Wildman–Crippen LogP) is 6.71. The zero-order chi connectivity index (χ0) is 54.4. The molecule has 16 nitrogen and oxygen atoms in total. The molecule has 15 atom stereocenters. The van der Waals surface area contributed by atoms with Gasteiger partial charge in [0.25, 0.3) is 11.7 Å². The summed E-state index contributed by atoms with van der Waals surface area (Å²) in [6.07, 6.45) is 11.5. The first-order valence-electron chi connectivity index (χ1n) is 26.5. The summed E-state index contributed by atoms with van der Waals surface area (Å²) in [4.78, 5) is 71.8. The van der Waals surface area contributed by atoms with Crippen molar-refractivity contribution in [3.63, 3.8) is 0 Å². The summed E-state index contributed by atoms with van der Waals surface area (Å²) in [5.74, 6) is -8.17. The van der Waals surface area contributed by atoms with Gasteiger partial charge in [-0.15, -0.1) is 0 Å². The van der Waals surface area contributed by atoms with Gasteiger partial charge in [0.2, 0.25) is 5.79 Å². The molecule has 4 N–H and O–H groups in total. The second kappa shape index (κ2) is 28.3. The summed E-state index contributed by atoms with van der Waals surface area (Å²) in [7, 11) is 4.62. The molecular weight excluding hydrogens is 939 g/mol. The fraction of sp³-hybridized carbons (Fsp3) is 0.737. The molecule has 2 saturated heterocycles. The number of aliphatic hydroxyl groups is 4. The molecule has 4 aliphatic rings. The lowest BCUT2D eigenvalue weighted by atomic mass is 9.78. The highest BCUT2D eigenvalue weighted by Gasteiger charge is 2.53. The van der Waals surface area contributed by atoms with Crippen molar-refractivity contribution in [1.82, 2.24) is 4.90 Å². The number of piperidine rings is 1. The third kappa shape index (κ3) is 16.1. The van der Waals surface area contributed by atoms with Crippen LogP contribution in [0.1, 0.15) is 132 Å². The van der Waals surface area contributed by atoms with Crippen LogP contribution in [-0.2, 0) is 52.4 Å². The maximum atomic E-state index is 14.6. The van der Waals surface area contributed by atoms with Gasteiger partial charge in [-0.3, -0.25) is 19.2 Å². The van der Waals surface area contributed by atoms with Crippen molar-refractivity contribution in [3.8, 4) is 0 Å². The summed E-state index contributed by atoms with van der Waals surface area (Å²) in [5.41, 5.74) is 0.644. The number of carbonyl (C=O) groups is 5. The number of ether oxygens (including phenoxy) is 6. The SMILES string of the molecule is C=C1[C@H](C)C[C@H](C)/C=C/C=C/C=C(\C)[C@@H](OC)C[C@@H]2CC[C@@H](C)[C@@](O)(O2)C(=O)C(=O)N2CCCCC2C(=O)O[C@H]([C@H](C)C[C@@H]2CC[C@@H](OC(=O)C(C)(CO)CO)[C@H](OC)C2)CC(=O)[C@H](C)/C=C(\C)[C@@H](O)[C@H]1OC. The minimum absolute atomic E-state index is 0.0149. The zero-order valence-electron chi connectivity index (χ0n) is 45.6. The number of rotatable bonds is 10. The Hall–Kier alpha value is -3.87. The summed E-state index contributed by atoms with van der Waals surface area (Å²) >= 11 is 0. The number of hydrogen-bond acceptors (Lipinski definition) is 15. The van der Waals surface area contributed by atoms with E-state index in [9.17, 15) is 44.4 Å². The lowest BCUT2D eigenvalue weighted by Gasteiger charge is -2.42. The van der Waals surface area contributed by atoms with Gasteiger partial charge in [0.15, 0.2) is 0 Å². The van der Waals surface area contributed by atoms with E-state index in [1.165, 1.54) is 26.0 Å². The molecule has 4 rings (SSSR count). The zero-order valence-corrected chi connectivity index (χ0v) is 45.6. The molecular formula is C57H89NO15. The van der Waals surface area contributed by atoms with Crippen molar-refractivity contribution in [2.45, 2.75) is 187 Å². The number of esters is 2. The number of cyclic esters (lactones) is 1. The van der Waals surface area contributed by atoms with E-state index in [1.54, 1.807) is 34.0 Å². The van der Waals surface area contributed by atoms with Crippen molar-refractivity contribution >= 4 is 29.4 Å². The number of nitrogens with zero attached hydrogens (tertiary/aromatic N) is 1. The molecule has 1 unspecified atom stereocenters. The monoisotopic (exact) mass is 1030 g/mol. The van der Waals surface area contributed by atoms with Crippen LogP contribution < -0.4 is 0 Å². The fourth-order valence-electron chi connectivity index (χ4n) is 10.8. The highest BCUT2D eigenvalue weighted by Crippen LogP contribution is 2.39. The Kier molecular flexibility index (Phi) is 23.9. The van der Waals surface area contributed by atoms with Crippen molar-refractivity contribution in [3.05, 3.63) is 59.8 Å². The Morgan fingerprint density at radius 2 is 1.59 bits per heavy atom. The molecule has 412 valence electrons. The Bertz CT molecular complexity index is 2010. The van der Waals surface area contributed by atoms with E-state index in [-0.39, 0.29) is 42.9 Å². The van der Waals surface area contributed by atoms with Gasteiger partial charge in [0.05, 0.1) is 31.5 Å². The van der Waals surface area contributed by atoms with E-state index < -0.39 is 115 Å². The second-order valence-corrected chi connectivity index (χ2v) is 22.0. The van der Waals surface area contributed by atoms with Gasteiger partial charge < -0.3 is 53.7 Å². The van der Waals surface area contributed by atoms with Crippen LogP contribution >= 0.6 is 0 Å². The summed E-state index contributed by atoms with van der Waals surface area (Å²) in [6, 6.07) is -1.18. The summed E-state index contributed by atoms with van der Waals surface area (Å²) < 4.78 is 35.8. The van der Waals surface area contributed by atoms with Gasteiger partial charge in [-0.2, -0.15) is 0 Å². The van der Waals surface area contributed by atoms with Crippen LogP contribution in [0.2, 0.25) is 0 Å². The molecule has 0 aromatic carbocycles.